The van der Waals surface area contributed by atoms with E-state index in [0.29, 0.717) is 54.4 Å². The second-order valence-corrected chi connectivity index (χ2v) is 8.84. The van der Waals surface area contributed by atoms with Crippen LogP contribution in [0.25, 0.3) is 0 Å². The van der Waals surface area contributed by atoms with E-state index in [2.05, 4.69) is 0 Å². The van der Waals surface area contributed by atoms with Crippen molar-refractivity contribution in [2.24, 2.45) is 0 Å². The molecule has 158 valence electrons. The molecule has 0 aromatic heterocycles. The number of Topliss-reactive ketones (excluding diaryl/α,β-unsaturated/α-hetero) is 1. The maximum Gasteiger partial charge on any atom is 0.260 e. The molecule has 4 rings (SSSR count). The molecule has 0 aliphatic carbocycles. The predicted octanol–water partition coefficient (Wildman–Crippen LogP) is 4.67. The summed E-state index contributed by atoms with van der Waals surface area (Å²) in [6, 6.07) is 9.32. The van der Waals surface area contributed by atoms with Crippen LogP contribution in [0.15, 0.2) is 30.3 Å². The van der Waals surface area contributed by atoms with Gasteiger partial charge in [0.2, 0.25) is 0 Å². The molecular formula is C24H26ClNO4. The van der Waals surface area contributed by atoms with Crippen molar-refractivity contribution in [3.05, 3.63) is 57.6 Å². The number of halogens is 1. The molecular weight excluding hydrogens is 402 g/mol. The lowest BCUT2D eigenvalue weighted by Gasteiger charge is -2.44. The SMILES string of the molecule is Cc1ccc(OCC(=O)N2CCC3(CC2)CC(=O)c2cc(Cl)cc(C)c2O3)cc1C. The highest BCUT2D eigenvalue weighted by atomic mass is 35.5. The summed E-state index contributed by atoms with van der Waals surface area (Å²) in [5.41, 5.74) is 3.21. The number of rotatable bonds is 3. The van der Waals surface area contributed by atoms with Crippen LogP contribution in [0.5, 0.6) is 11.5 Å². The lowest BCUT2D eigenvalue weighted by atomic mass is 9.82. The standard InChI is InChI=1S/C24H26ClNO4/c1-15-4-5-19(11-16(15)2)29-14-22(28)26-8-6-24(7-9-26)13-21(27)20-12-18(25)10-17(3)23(20)30-24/h4-5,10-12H,6-9,13-14H2,1-3H3. The summed E-state index contributed by atoms with van der Waals surface area (Å²) in [4.78, 5) is 27.2. The number of nitrogens with zero attached hydrogens (tertiary/aromatic N) is 1. The summed E-state index contributed by atoms with van der Waals surface area (Å²) < 4.78 is 12.0. The highest BCUT2D eigenvalue weighted by molar-refractivity contribution is 6.31. The number of hydrogen-bond acceptors (Lipinski definition) is 4. The molecule has 2 aliphatic rings. The Morgan fingerprint density at radius 2 is 1.83 bits per heavy atom. The minimum absolute atomic E-state index is 0.00965. The van der Waals surface area contributed by atoms with Crippen LogP contribution in [0, 0.1) is 20.8 Å². The van der Waals surface area contributed by atoms with Crippen LogP contribution in [0.3, 0.4) is 0 Å². The predicted molar refractivity (Wildman–Crippen MR) is 116 cm³/mol. The molecule has 0 atom stereocenters. The maximum atomic E-state index is 12.8. The van der Waals surface area contributed by atoms with Crippen molar-refractivity contribution in [1.82, 2.24) is 4.90 Å². The van der Waals surface area contributed by atoms with Gasteiger partial charge in [-0.15, -0.1) is 0 Å². The molecule has 2 aromatic rings. The van der Waals surface area contributed by atoms with Gasteiger partial charge in [-0.05, 0) is 61.7 Å². The van der Waals surface area contributed by atoms with Crippen molar-refractivity contribution in [2.75, 3.05) is 19.7 Å². The number of aryl methyl sites for hydroxylation is 3. The maximum absolute atomic E-state index is 12.8. The number of benzene rings is 2. The number of ketones is 1. The second-order valence-electron chi connectivity index (χ2n) is 8.40. The van der Waals surface area contributed by atoms with E-state index in [4.69, 9.17) is 21.1 Å². The lowest BCUT2D eigenvalue weighted by Crippen LogP contribution is -2.53. The largest absolute Gasteiger partial charge is 0.486 e. The van der Waals surface area contributed by atoms with Gasteiger partial charge in [0, 0.05) is 31.0 Å². The minimum atomic E-state index is -0.547. The fourth-order valence-corrected chi connectivity index (χ4v) is 4.47. The Morgan fingerprint density at radius 1 is 1.10 bits per heavy atom. The van der Waals surface area contributed by atoms with Crippen molar-refractivity contribution >= 4 is 23.3 Å². The van der Waals surface area contributed by atoms with Crippen LogP contribution in [-0.4, -0.2) is 41.9 Å². The Morgan fingerprint density at radius 3 is 2.53 bits per heavy atom. The van der Waals surface area contributed by atoms with Crippen LogP contribution in [-0.2, 0) is 4.79 Å². The van der Waals surface area contributed by atoms with Gasteiger partial charge >= 0.3 is 0 Å². The first kappa shape index (κ1) is 20.7. The van der Waals surface area contributed by atoms with Gasteiger partial charge in [-0.3, -0.25) is 9.59 Å². The molecule has 0 unspecified atom stereocenters. The average Bonchev–Trinajstić information content (AvgIpc) is 2.70. The van der Waals surface area contributed by atoms with Gasteiger partial charge in [0.1, 0.15) is 17.1 Å². The lowest BCUT2D eigenvalue weighted by molar-refractivity contribution is -0.136. The van der Waals surface area contributed by atoms with E-state index >= 15 is 0 Å². The summed E-state index contributed by atoms with van der Waals surface area (Å²) in [6.45, 7) is 7.07. The van der Waals surface area contributed by atoms with Crippen molar-refractivity contribution < 1.29 is 19.1 Å². The summed E-state index contributed by atoms with van der Waals surface area (Å²) in [5, 5.41) is 0.545. The first-order valence-corrected chi connectivity index (χ1v) is 10.6. The molecule has 2 heterocycles. The van der Waals surface area contributed by atoms with Gasteiger partial charge in [0.15, 0.2) is 12.4 Å². The van der Waals surface area contributed by atoms with Crippen molar-refractivity contribution in [3.8, 4) is 11.5 Å². The van der Waals surface area contributed by atoms with Gasteiger partial charge in [0.25, 0.3) is 5.91 Å². The van der Waals surface area contributed by atoms with E-state index in [1.807, 2.05) is 45.0 Å². The van der Waals surface area contributed by atoms with Gasteiger partial charge in [-0.1, -0.05) is 17.7 Å². The Labute approximate surface area is 181 Å². The molecule has 30 heavy (non-hydrogen) atoms. The number of carbonyl (C=O) groups excluding carboxylic acids is 2. The van der Waals surface area contributed by atoms with E-state index in [1.54, 1.807) is 11.0 Å². The molecule has 2 aliphatic heterocycles. The van der Waals surface area contributed by atoms with Crippen molar-refractivity contribution in [1.29, 1.82) is 0 Å². The topological polar surface area (TPSA) is 55.8 Å². The van der Waals surface area contributed by atoms with E-state index in [1.165, 1.54) is 5.56 Å². The Balaban J connectivity index is 1.38. The molecule has 5 nitrogen and oxygen atoms in total. The van der Waals surface area contributed by atoms with Gasteiger partial charge < -0.3 is 14.4 Å². The number of hydrogen-bond donors (Lipinski definition) is 0. The molecule has 1 saturated heterocycles. The zero-order valence-electron chi connectivity index (χ0n) is 17.6. The molecule has 0 saturated carbocycles. The molecule has 0 radical (unpaired) electrons. The highest BCUT2D eigenvalue weighted by Crippen LogP contribution is 2.42. The fraction of sp³-hybridized carbons (Fsp3) is 0.417. The number of likely N-dealkylation sites (tertiary alicyclic amines) is 1. The molecule has 0 bridgehead atoms. The van der Waals surface area contributed by atoms with Crippen molar-refractivity contribution in [3.63, 3.8) is 0 Å². The van der Waals surface area contributed by atoms with E-state index in [9.17, 15) is 9.59 Å². The highest BCUT2D eigenvalue weighted by Gasteiger charge is 2.44. The van der Waals surface area contributed by atoms with E-state index in [-0.39, 0.29) is 18.3 Å². The summed E-state index contributed by atoms with van der Waals surface area (Å²) in [5.74, 6) is 1.34. The summed E-state index contributed by atoms with van der Waals surface area (Å²) in [6.07, 6.45) is 1.56. The normalized spacial score (nSPS) is 17.5. The zero-order valence-corrected chi connectivity index (χ0v) is 18.3. The van der Waals surface area contributed by atoms with E-state index in [0.717, 1.165) is 11.1 Å². The number of amides is 1. The van der Waals surface area contributed by atoms with Crippen molar-refractivity contribution in [2.45, 2.75) is 45.6 Å². The van der Waals surface area contributed by atoms with Crippen LogP contribution in [0.1, 0.15) is 46.3 Å². The Kier molecular flexibility index (Phi) is 5.49. The van der Waals surface area contributed by atoms with E-state index < -0.39 is 5.60 Å². The number of ether oxygens (including phenoxy) is 2. The molecule has 6 heteroatoms. The monoisotopic (exact) mass is 427 g/mol. The zero-order chi connectivity index (χ0) is 21.5. The second kappa shape index (κ2) is 7.95. The van der Waals surface area contributed by atoms with Crippen LogP contribution in [0.2, 0.25) is 5.02 Å². The molecule has 1 spiro atoms. The fourth-order valence-electron chi connectivity index (χ4n) is 4.20. The third-order valence-electron chi connectivity index (χ3n) is 6.21. The Hall–Kier alpha value is -2.53. The Bertz CT molecular complexity index is 1010. The number of carbonyl (C=O) groups is 2. The summed E-state index contributed by atoms with van der Waals surface area (Å²) >= 11 is 6.10. The molecule has 2 aromatic carbocycles. The third-order valence-corrected chi connectivity index (χ3v) is 6.43. The first-order chi connectivity index (χ1) is 14.3. The van der Waals surface area contributed by atoms with Crippen LogP contribution >= 0.6 is 11.6 Å². The molecule has 1 amide bonds. The third kappa shape index (κ3) is 4.04. The van der Waals surface area contributed by atoms with Crippen LogP contribution in [0.4, 0.5) is 0 Å². The average molecular weight is 428 g/mol. The van der Waals surface area contributed by atoms with Crippen LogP contribution < -0.4 is 9.47 Å². The minimum Gasteiger partial charge on any atom is -0.486 e. The smallest absolute Gasteiger partial charge is 0.260 e. The van der Waals surface area contributed by atoms with Gasteiger partial charge in [-0.25, -0.2) is 0 Å². The van der Waals surface area contributed by atoms with Gasteiger partial charge in [-0.2, -0.15) is 0 Å². The quantitative estimate of drug-likeness (QED) is 0.714. The molecule has 1 fully saturated rings. The number of fused-ring (bicyclic) bond motifs is 1. The van der Waals surface area contributed by atoms with Gasteiger partial charge in [0.05, 0.1) is 12.0 Å². The molecule has 0 N–H and O–H groups in total. The summed E-state index contributed by atoms with van der Waals surface area (Å²) in [7, 11) is 0. The first-order valence-electron chi connectivity index (χ1n) is 10.3. The number of piperidine rings is 1.